The highest BCUT2D eigenvalue weighted by Gasteiger charge is 2.18. The van der Waals surface area contributed by atoms with Crippen LogP contribution in [0.15, 0.2) is 40.4 Å². The number of methoxy groups -OCH3 is 1. The maximum Gasteiger partial charge on any atom is 0.127 e. The summed E-state index contributed by atoms with van der Waals surface area (Å²) < 4.78 is 5.24. The number of thiocarbonyl (C=S) groups is 1. The third-order valence-electron chi connectivity index (χ3n) is 2.32. The minimum atomic E-state index is 0.0546. The molecular formula is C11H11NOS. The Morgan fingerprint density at radius 1 is 1.50 bits per heavy atom. The van der Waals surface area contributed by atoms with E-state index < -0.39 is 0 Å². The molecule has 1 atom stereocenters. The van der Waals surface area contributed by atoms with Crippen molar-refractivity contribution in [3.05, 3.63) is 35.5 Å². The number of nitrogens with zero attached hydrogens (tertiary/aromatic N) is 1. The van der Waals surface area contributed by atoms with Crippen molar-refractivity contribution in [1.29, 1.82) is 0 Å². The Labute approximate surface area is 88.7 Å². The van der Waals surface area contributed by atoms with Gasteiger partial charge < -0.3 is 4.74 Å². The normalized spacial score (nSPS) is 25.1. The number of fused-ring (bicyclic) bond motifs is 1. The van der Waals surface area contributed by atoms with Gasteiger partial charge in [0, 0.05) is 12.7 Å². The number of hydrogen-bond acceptors (Lipinski definition) is 2. The van der Waals surface area contributed by atoms with Crippen LogP contribution in [0.25, 0.3) is 0 Å². The number of ether oxygens (including phenoxy) is 1. The Hall–Kier alpha value is -1.06. The van der Waals surface area contributed by atoms with Crippen molar-refractivity contribution in [2.24, 2.45) is 4.99 Å². The summed E-state index contributed by atoms with van der Waals surface area (Å²) in [4.78, 5) is 4.93. The molecule has 2 nitrogen and oxygen atoms in total. The molecule has 1 aliphatic carbocycles. The van der Waals surface area contributed by atoms with E-state index in [1.807, 2.05) is 25.2 Å². The molecule has 2 rings (SSSR count). The van der Waals surface area contributed by atoms with E-state index in [2.05, 4.69) is 11.1 Å². The lowest BCUT2D eigenvalue weighted by molar-refractivity contribution is 0.177. The minimum absolute atomic E-state index is 0.0546. The lowest BCUT2D eigenvalue weighted by atomic mass is 9.94. The van der Waals surface area contributed by atoms with E-state index in [-0.39, 0.29) is 6.10 Å². The Morgan fingerprint density at radius 2 is 2.29 bits per heavy atom. The monoisotopic (exact) mass is 205 g/mol. The van der Waals surface area contributed by atoms with Gasteiger partial charge >= 0.3 is 0 Å². The highest BCUT2D eigenvalue weighted by molar-refractivity contribution is 7.80. The SMILES string of the molecule is COC1C=CC2=NC(=S)C=C(C)C2=C1. The molecule has 0 fully saturated rings. The molecule has 2 aliphatic rings. The van der Waals surface area contributed by atoms with E-state index in [1.54, 1.807) is 7.11 Å². The predicted octanol–water partition coefficient (Wildman–Crippen LogP) is 2.23. The van der Waals surface area contributed by atoms with Gasteiger partial charge in [-0.25, -0.2) is 4.99 Å². The minimum Gasteiger partial charge on any atom is -0.373 e. The third kappa shape index (κ3) is 1.61. The van der Waals surface area contributed by atoms with Gasteiger partial charge in [0.2, 0.25) is 0 Å². The fourth-order valence-electron chi connectivity index (χ4n) is 1.57. The molecule has 1 heterocycles. The summed E-state index contributed by atoms with van der Waals surface area (Å²) in [6, 6.07) is 0. The van der Waals surface area contributed by atoms with Crippen LogP contribution in [0.4, 0.5) is 0 Å². The Balaban J connectivity index is 2.40. The Kier molecular flexibility index (Phi) is 2.44. The fraction of sp³-hybridized carbons (Fsp3) is 0.273. The standard InChI is InChI=1S/C11H11NOS/c1-7-5-11(14)12-10-4-3-8(13-2)6-9(7)10/h3-6,8H,1-2H3. The molecule has 0 saturated heterocycles. The van der Waals surface area contributed by atoms with Gasteiger partial charge in [0.05, 0.1) is 11.8 Å². The van der Waals surface area contributed by atoms with Crippen LogP contribution in [0.3, 0.4) is 0 Å². The van der Waals surface area contributed by atoms with E-state index in [9.17, 15) is 0 Å². The molecule has 0 aromatic rings. The van der Waals surface area contributed by atoms with Gasteiger partial charge in [-0.3, -0.25) is 0 Å². The molecule has 0 aromatic carbocycles. The van der Waals surface area contributed by atoms with Gasteiger partial charge in [0.25, 0.3) is 0 Å². The van der Waals surface area contributed by atoms with Gasteiger partial charge in [-0.05, 0) is 36.8 Å². The molecule has 0 amide bonds. The summed E-state index contributed by atoms with van der Waals surface area (Å²) in [5.41, 5.74) is 3.24. The average molecular weight is 205 g/mol. The van der Waals surface area contributed by atoms with E-state index in [4.69, 9.17) is 17.0 Å². The Bertz CT molecular complexity index is 402. The zero-order chi connectivity index (χ0) is 10.1. The first-order chi connectivity index (χ1) is 6.70. The average Bonchev–Trinajstić information content (AvgIpc) is 2.17. The van der Waals surface area contributed by atoms with Crippen molar-refractivity contribution >= 4 is 22.9 Å². The molecule has 0 N–H and O–H groups in total. The number of rotatable bonds is 1. The highest BCUT2D eigenvalue weighted by Crippen LogP contribution is 2.22. The van der Waals surface area contributed by atoms with Crippen molar-refractivity contribution in [1.82, 2.24) is 0 Å². The summed E-state index contributed by atoms with van der Waals surface area (Å²) in [6.45, 7) is 2.04. The lowest BCUT2D eigenvalue weighted by Crippen LogP contribution is -2.18. The first-order valence-corrected chi connectivity index (χ1v) is 4.86. The van der Waals surface area contributed by atoms with E-state index in [0.29, 0.717) is 4.99 Å². The molecule has 14 heavy (non-hydrogen) atoms. The Morgan fingerprint density at radius 3 is 3.00 bits per heavy atom. The maximum absolute atomic E-state index is 5.24. The molecule has 1 aliphatic heterocycles. The van der Waals surface area contributed by atoms with Crippen LogP contribution in [0, 0.1) is 0 Å². The largest absolute Gasteiger partial charge is 0.373 e. The first-order valence-electron chi connectivity index (χ1n) is 4.45. The van der Waals surface area contributed by atoms with Crippen molar-refractivity contribution in [2.75, 3.05) is 7.11 Å². The maximum atomic E-state index is 5.24. The van der Waals surface area contributed by atoms with Crippen LogP contribution < -0.4 is 0 Å². The van der Waals surface area contributed by atoms with E-state index in [0.717, 1.165) is 16.9 Å². The van der Waals surface area contributed by atoms with Gasteiger partial charge in [0.15, 0.2) is 0 Å². The van der Waals surface area contributed by atoms with Crippen LogP contribution in [0.2, 0.25) is 0 Å². The molecule has 0 saturated carbocycles. The quantitative estimate of drug-likeness (QED) is 0.612. The number of hydrogen-bond donors (Lipinski definition) is 0. The summed E-state index contributed by atoms with van der Waals surface area (Å²) in [5.74, 6) is 0. The molecular weight excluding hydrogens is 194 g/mol. The second kappa shape index (κ2) is 3.59. The van der Waals surface area contributed by atoms with Gasteiger partial charge in [-0.1, -0.05) is 12.2 Å². The smallest absolute Gasteiger partial charge is 0.127 e. The number of dihydropyridines is 1. The van der Waals surface area contributed by atoms with Gasteiger partial charge in [-0.15, -0.1) is 0 Å². The zero-order valence-corrected chi connectivity index (χ0v) is 8.97. The van der Waals surface area contributed by atoms with Crippen molar-refractivity contribution in [3.8, 4) is 0 Å². The second-order valence-electron chi connectivity index (χ2n) is 3.30. The van der Waals surface area contributed by atoms with Crippen LogP contribution in [0.1, 0.15) is 6.92 Å². The van der Waals surface area contributed by atoms with Crippen LogP contribution in [0.5, 0.6) is 0 Å². The van der Waals surface area contributed by atoms with Gasteiger partial charge in [0.1, 0.15) is 4.99 Å². The van der Waals surface area contributed by atoms with Gasteiger partial charge in [-0.2, -0.15) is 0 Å². The predicted molar refractivity (Wildman–Crippen MR) is 61.8 cm³/mol. The highest BCUT2D eigenvalue weighted by atomic mass is 32.1. The molecule has 72 valence electrons. The summed E-state index contributed by atoms with van der Waals surface area (Å²) in [6.07, 6.45) is 7.97. The summed E-state index contributed by atoms with van der Waals surface area (Å²) in [7, 11) is 1.70. The molecule has 3 heteroatoms. The second-order valence-corrected chi connectivity index (χ2v) is 3.72. The van der Waals surface area contributed by atoms with Crippen LogP contribution in [-0.4, -0.2) is 23.9 Å². The molecule has 0 spiro atoms. The number of aliphatic imine (C=N–C) groups is 1. The van der Waals surface area contributed by atoms with Crippen molar-refractivity contribution in [3.63, 3.8) is 0 Å². The molecule has 0 bridgehead atoms. The van der Waals surface area contributed by atoms with Crippen LogP contribution in [-0.2, 0) is 4.74 Å². The molecule has 0 aromatic heterocycles. The van der Waals surface area contributed by atoms with Crippen molar-refractivity contribution in [2.45, 2.75) is 13.0 Å². The topological polar surface area (TPSA) is 21.6 Å². The summed E-state index contributed by atoms with van der Waals surface area (Å²) in [5, 5.41) is 0. The zero-order valence-electron chi connectivity index (χ0n) is 8.15. The molecule has 1 unspecified atom stereocenters. The molecule has 0 radical (unpaired) electrons. The number of allylic oxidation sites excluding steroid dienone is 3. The van der Waals surface area contributed by atoms with Crippen molar-refractivity contribution < 1.29 is 4.74 Å². The fourth-order valence-corrected chi connectivity index (χ4v) is 1.85. The van der Waals surface area contributed by atoms with E-state index in [1.165, 1.54) is 0 Å². The third-order valence-corrected chi connectivity index (χ3v) is 2.53. The van der Waals surface area contributed by atoms with Crippen LogP contribution >= 0.6 is 12.2 Å². The summed E-state index contributed by atoms with van der Waals surface area (Å²) >= 11 is 5.05. The lowest BCUT2D eigenvalue weighted by Gasteiger charge is -2.19. The first kappa shape index (κ1) is 9.49. The van der Waals surface area contributed by atoms with E-state index >= 15 is 0 Å².